The number of carbonyl (C=O) groups excluding carboxylic acids is 1. The van der Waals surface area contributed by atoms with E-state index in [-0.39, 0.29) is 30.2 Å². The van der Waals surface area contributed by atoms with Gasteiger partial charge in [-0.3, -0.25) is 0 Å². The number of aromatic amines is 1. The third-order valence-corrected chi connectivity index (χ3v) is 5.49. The average Bonchev–Trinajstić information content (AvgIpc) is 3.65. The third-order valence-electron chi connectivity index (χ3n) is 5.49. The van der Waals surface area contributed by atoms with Gasteiger partial charge in [0.1, 0.15) is 24.8 Å². The number of pyridine rings is 1. The molecule has 10 heteroatoms. The van der Waals surface area contributed by atoms with Crippen LogP contribution in [0.1, 0.15) is 21.5 Å². The van der Waals surface area contributed by atoms with Gasteiger partial charge in [0.2, 0.25) is 5.88 Å². The topological polar surface area (TPSA) is 168 Å². The molecular formula is C26H24N4O6. The van der Waals surface area contributed by atoms with E-state index in [1.165, 1.54) is 6.26 Å². The molecule has 1 aromatic carbocycles. The second-order valence-corrected chi connectivity index (χ2v) is 8.18. The van der Waals surface area contributed by atoms with Gasteiger partial charge < -0.3 is 34.8 Å². The molecule has 184 valence electrons. The highest BCUT2D eigenvalue weighted by Gasteiger charge is 2.25. The minimum absolute atomic E-state index is 0.0942. The SMILES string of the molecule is N#Cc1c(-c2ccoc2)cc(-c2ccc[nH]2)nc1OCc1ccc(C(=O)OCC(N)(CO)CO)cc1. The zero-order valence-electron chi connectivity index (χ0n) is 19.2. The molecule has 3 aromatic heterocycles. The summed E-state index contributed by atoms with van der Waals surface area (Å²) in [6.07, 6.45) is 4.85. The molecule has 10 nitrogen and oxygen atoms in total. The number of furan rings is 1. The molecule has 5 N–H and O–H groups in total. The number of aliphatic hydroxyl groups is 2. The van der Waals surface area contributed by atoms with Gasteiger partial charge in [-0.25, -0.2) is 9.78 Å². The Kier molecular flexibility index (Phi) is 7.46. The first kappa shape index (κ1) is 24.7. The van der Waals surface area contributed by atoms with Gasteiger partial charge in [0.05, 0.1) is 48.2 Å². The van der Waals surface area contributed by atoms with Crippen molar-refractivity contribution >= 4 is 5.97 Å². The highest BCUT2D eigenvalue weighted by atomic mass is 16.5. The van der Waals surface area contributed by atoms with E-state index in [2.05, 4.69) is 16.0 Å². The van der Waals surface area contributed by atoms with Gasteiger partial charge in [0.15, 0.2) is 0 Å². The van der Waals surface area contributed by atoms with Gasteiger partial charge >= 0.3 is 5.97 Å². The lowest BCUT2D eigenvalue weighted by Crippen LogP contribution is -2.51. The molecule has 36 heavy (non-hydrogen) atoms. The van der Waals surface area contributed by atoms with Crippen molar-refractivity contribution < 1.29 is 28.9 Å². The second kappa shape index (κ2) is 10.9. The highest BCUT2D eigenvalue weighted by Crippen LogP contribution is 2.33. The molecule has 0 atom stereocenters. The number of H-pyrrole nitrogens is 1. The van der Waals surface area contributed by atoms with Gasteiger partial charge in [0.25, 0.3) is 0 Å². The van der Waals surface area contributed by atoms with E-state index in [0.29, 0.717) is 11.3 Å². The Balaban J connectivity index is 1.52. The number of hydrogen-bond acceptors (Lipinski definition) is 9. The van der Waals surface area contributed by atoms with E-state index in [9.17, 15) is 20.3 Å². The third kappa shape index (κ3) is 5.45. The van der Waals surface area contributed by atoms with Gasteiger partial charge in [-0.15, -0.1) is 0 Å². The number of nitrogens with two attached hydrogens (primary N) is 1. The van der Waals surface area contributed by atoms with Gasteiger partial charge in [0, 0.05) is 17.3 Å². The van der Waals surface area contributed by atoms with Crippen LogP contribution in [0.15, 0.2) is 71.7 Å². The Labute approximate surface area is 206 Å². The number of esters is 1. The summed E-state index contributed by atoms with van der Waals surface area (Å²) in [5, 5.41) is 28.3. The van der Waals surface area contributed by atoms with Crippen molar-refractivity contribution in [2.45, 2.75) is 12.1 Å². The maximum absolute atomic E-state index is 12.3. The Morgan fingerprint density at radius 1 is 1.19 bits per heavy atom. The summed E-state index contributed by atoms with van der Waals surface area (Å²) in [4.78, 5) is 19.9. The molecule has 0 unspecified atom stereocenters. The van der Waals surface area contributed by atoms with E-state index in [4.69, 9.17) is 19.6 Å². The summed E-state index contributed by atoms with van der Waals surface area (Å²) in [5.74, 6) is -0.479. The van der Waals surface area contributed by atoms with Crippen LogP contribution < -0.4 is 10.5 Å². The largest absolute Gasteiger partial charge is 0.472 e. The van der Waals surface area contributed by atoms with E-state index in [0.717, 1.165) is 16.8 Å². The summed E-state index contributed by atoms with van der Waals surface area (Å²) in [6.45, 7) is -1.29. The van der Waals surface area contributed by atoms with Crippen LogP contribution in [0.5, 0.6) is 5.88 Å². The lowest BCUT2D eigenvalue weighted by Gasteiger charge is -2.23. The zero-order valence-corrected chi connectivity index (χ0v) is 19.2. The maximum atomic E-state index is 12.3. The van der Waals surface area contributed by atoms with Crippen molar-refractivity contribution in [3.63, 3.8) is 0 Å². The van der Waals surface area contributed by atoms with E-state index < -0.39 is 24.7 Å². The van der Waals surface area contributed by atoms with Crippen molar-refractivity contribution in [3.05, 3.63) is 83.9 Å². The first-order valence-electron chi connectivity index (χ1n) is 11.0. The standard InChI is InChI=1S/C26H24N4O6/c27-11-21-20(19-7-9-34-13-19)10-23(22-2-1-8-29-22)30-24(21)35-12-17-3-5-18(6-4-17)25(33)36-16-26(28,14-31)15-32/h1-10,13,29,31-32H,12,14-16,28H2. The van der Waals surface area contributed by atoms with Crippen molar-refractivity contribution in [2.75, 3.05) is 19.8 Å². The van der Waals surface area contributed by atoms with Crippen molar-refractivity contribution in [2.24, 2.45) is 5.73 Å². The molecule has 0 aliphatic heterocycles. The summed E-state index contributed by atoms with van der Waals surface area (Å²) in [6, 6.07) is 15.9. The van der Waals surface area contributed by atoms with E-state index in [1.807, 2.05) is 12.1 Å². The fourth-order valence-electron chi connectivity index (χ4n) is 3.33. The number of nitrogens with one attached hydrogen (secondary N) is 1. The molecule has 0 fully saturated rings. The number of nitrogens with zero attached hydrogens (tertiary/aromatic N) is 2. The van der Waals surface area contributed by atoms with Crippen molar-refractivity contribution in [1.82, 2.24) is 9.97 Å². The molecule has 4 aromatic rings. The fraction of sp³-hybridized carbons (Fsp3) is 0.192. The van der Waals surface area contributed by atoms with E-state index >= 15 is 0 Å². The van der Waals surface area contributed by atoms with Crippen molar-refractivity contribution in [1.29, 1.82) is 5.26 Å². The van der Waals surface area contributed by atoms with Crippen LogP contribution in [0, 0.1) is 11.3 Å². The van der Waals surface area contributed by atoms with Crippen LogP contribution in [0.3, 0.4) is 0 Å². The molecule has 0 aliphatic rings. The fourth-order valence-corrected chi connectivity index (χ4v) is 3.33. The van der Waals surface area contributed by atoms with Crippen LogP contribution in [0.25, 0.3) is 22.5 Å². The minimum atomic E-state index is -1.40. The predicted molar refractivity (Wildman–Crippen MR) is 129 cm³/mol. The highest BCUT2D eigenvalue weighted by molar-refractivity contribution is 5.89. The number of carbonyl (C=O) groups is 1. The van der Waals surface area contributed by atoms with Crippen molar-refractivity contribution in [3.8, 4) is 34.5 Å². The number of aromatic nitrogens is 2. The van der Waals surface area contributed by atoms with Crippen LogP contribution in [0.4, 0.5) is 0 Å². The number of aliphatic hydroxyl groups excluding tert-OH is 2. The van der Waals surface area contributed by atoms with Crippen LogP contribution in [-0.4, -0.2) is 51.5 Å². The molecule has 0 saturated carbocycles. The molecule has 0 bridgehead atoms. The van der Waals surface area contributed by atoms with Gasteiger partial charge in [-0.2, -0.15) is 5.26 Å². The monoisotopic (exact) mass is 488 g/mol. The quantitative estimate of drug-likeness (QED) is 0.245. The Hall–Kier alpha value is -4.43. The lowest BCUT2D eigenvalue weighted by molar-refractivity contribution is 0.0210. The molecule has 0 radical (unpaired) electrons. The number of nitriles is 1. The van der Waals surface area contributed by atoms with Gasteiger partial charge in [-0.05, 0) is 42.0 Å². The Bertz CT molecular complexity index is 1340. The van der Waals surface area contributed by atoms with E-state index in [1.54, 1.807) is 48.9 Å². The molecule has 0 spiro atoms. The predicted octanol–water partition coefficient (Wildman–Crippen LogP) is 2.63. The molecule has 0 saturated heterocycles. The number of ether oxygens (including phenoxy) is 2. The maximum Gasteiger partial charge on any atom is 0.338 e. The summed E-state index contributed by atoms with van der Waals surface area (Å²) in [7, 11) is 0. The summed E-state index contributed by atoms with van der Waals surface area (Å²) < 4.78 is 16.2. The molecule has 4 rings (SSSR count). The number of benzene rings is 1. The molecule has 0 amide bonds. The number of rotatable bonds is 10. The first-order chi connectivity index (χ1) is 17.5. The summed E-state index contributed by atoms with van der Waals surface area (Å²) >= 11 is 0. The first-order valence-corrected chi connectivity index (χ1v) is 11.0. The molecule has 0 aliphatic carbocycles. The van der Waals surface area contributed by atoms with Gasteiger partial charge in [-0.1, -0.05) is 12.1 Å². The second-order valence-electron chi connectivity index (χ2n) is 8.18. The van der Waals surface area contributed by atoms with Crippen LogP contribution in [0.2, 0.25) is 0 Å². The normalized spacial score (nSPS) is 11.2. The minimum Gasteiger partial charge on any atom is -0.472 e. The lowest BCUT2D eigenvalue weighted by atomic mass is 10.0. The molecule has 3 heterocycles. The zero-order chi connectivity index (χ0) is 25.5. The molecular weight excluding hydrogens is 464 g/mol. The average molecular weight is 489 g/mol. The smallest absolute Gasteiger partial charge is 0.338 e. The Morgan fingerprint density at radius 3 is 2.58 bits per heavy atom. The van der Waals surface area contributed by atoms with Crippen LogP contribution >= 0.6 is 0 Å². The summed E-state index contributed by atoms with van der Waals surface area (Å²) in [5.41, 5.74) is 8.29. The van der Waals surface area contributed by atoms with Crippen LogP contribution in [-0.2, 0) is 11.3 Å². The number of hydrogen-bond donors (Lipinski definition) is 4. The Morgan fingerprint density at radius 2 is 1.97 bits per heavy atom.